The van der Waals surface area contributed by atoms with E-state index in [1.54, 1.807) is 0 Å². The van der Waals surface area contributed by atoms with Crippen molar-refractivity contribution in [2.45, 2.75) is 45.1 Å². The van der Waals surface area contributed by atoms with E-state index < -0.39 is 18.6 Å². The highest BCUT2D eigenvalue weighted by molar-refractivity contribution is 5.78. The first-order chi connectivity index (χ1) is 11.2. The van der Waals surface area contributed by atoms with Crippen molar-refractivity contribution in [3.63, 3.8) is 0 Å². The second-order valence-corrected chi connectivity index (χ2v) is 7.09. The molecule has 1 N–H and O–H groups in total. The Kier molecular flexibility index (Phi) is 6.88. The molecular formula is C16H28F3N3O2. The third-order valence-electron chi connectivity index (χ3n) is 4.57. The predicted molar refractivity (Wildman–Crippen MR) is 84.7 cm³/mol. The Morgan fingerprint density at radius 1 is 1.12 bits per heavy atom. The van der Waals surface area contributed by atoms with Crippen LogP contribution in [-0.2, 0) is 9.53 Å². The lowest BCUT2D eigenvalue weighted by atomic mass is 9.95. The van der Waals surface area contributed by atoms with Crippen LogP contribution in [0.1, 0.15) is 26.7 Å². The number of carbonyl (C=O) groups excluding carboxylic acids is 1. The third-order valence-corrected chi connectivity index (χ3v) is 4.57. The average molecular weight is 351 g/mol. The lowest BCUT2D eigenvalue weighted by Crippen LogP contribution is -2.49. The number of alkyl halides is 3. The zero-order valence-electron chi connectivity index (χ0n) is 14.4. The van der Waals surface area contributed by atoms with Crippen LogP contribution in [0.5, 0.6) is 0 Å². The van der Waals surface area contributed by atoms with Crippen molar-refractivity contribution in [1.82, 2.24) is 15.1 Å². The van der Waals surface area contributed by atoms with E-state index in [0.717, 1.165) is 45.6 Å². The van der Waals surface area contributed by atoms with Crippen molar-refractivity contribution in [2.75, 3.05) is 45.8 Å². The Morgan fingerprint density at radius 3 is 2.25 bits per heavy atom. The van der Waals surface area contributed by atoms with Crippen molar-refractivity contribution < 1.29 is 22.7 Å². The molecule has 0 spiro atoms. The number of hydrogen-bond donors (Lipinski definition) is 1. The van der Waals surface area contributed by atoms with Gasteiger partial charge < -0.3 is 10.1 Å². The molecular weight excluding hydrogens is 323 g/mol. The summed E-state index contributed by atoms with van der Waals surface area (Å²) in [5.41, 5.74) is 0. The largest absolute Gasteiger partial charge is 0.405 e. The molecule has 2 unspecified atom stereocenters. The molecule has 8 heteroatoms. The highest BCUT2D eigenvalue weighted by atomic mass is 19.4. The van der Waals surface area contributed by atoms with Crippen LogP contribution in [0.25, 0.3) is 0 Å². The summed E-state index contributed by atoms with van der Waals surface area (Å²) < 4.78 is 42.0. The van der Waals surface area contributed by atoms with Crippen LogP contribution in [0.2, 0.25) is 0 Å². The van der Waals surface area contributed by atoms with Gasteiger partial charge in [-0.05, 0) is 45.7 Å². The van der Waals surface area contributed by atoms with E-state index in [9.17, 15) is 18.0 Å². The summed E-state index contributed by atoms with van der Waals surface area (Å²) in [7, 11) is 0. The Morgan fingerprint density at radius 2 is 1.71 bits per heavy atom. The fourth-order valence-corrected chi connectivity index (χ4v) is 3.58. The van der Waals surface area contributed by atoms with Crippen molar-refractivity contribution in [2.24, 2.45) is 5.92 Å². The molecule has 0 bridgehead atoms. The van der Waals surface area contributed by atoms with E-state index >= 15 is 0 Å². The van der Waals surface area contributed by atoms with Gasteiger partial charge in [0.1, 0.15) is 6.54 Å². The van der Waals surface area contributed by atoms with Gasteiger partial charge in [0.05, 0.1) is 18.8 Å². The summed E-state index contributed by atoms with van der Waals surface area (Å²) in [6.45, 7) is 7.43. The number of morpholine rings is 1. The minimum absolute atomic E-state index is 0.0500. The lowest BCUT2D eigenvalue weighted by Gasteiger charge is -2.39. The number of hydrogen-bond acceptors (Lipinski definition) is 4. The van der Waals surface area contributed by atoms with Gasteiger partial charge in [-0.1, -0.05) is 0 Å². The van der Waals surface area contributed by atoms with Crippen LogP contribution in [0, 0.1) is 5.92 Å². The van der Waals surface area contributed by atoms with E-state index in [-0.39, 0.29) is 18.8 Å². The SMILES string of the molecule is CC1CN(CC2CCN(CC(=O)NCC(F)(F)F)CC2)CC(C)O1. The first kappa shape index (κ1) is 19.5. The Balaban J connectivity index is 1.65. The summed E-state index contributed by atoms with van der Waals surface area (Å²) in [6, 6.07) is 0. The van der Waals surface area contributed by atoms with Gasteiger partial charge in [-0.2, -0.15) is 13.2 Å². The fourth-order valence-electron chi connectivity index (χ4n) is 3.58. The standard InChI is InChI=1S/C16H28F3N3O2/c1-12-7-22(8-13(2)24-12)9-14-3-5-21(6-4-14)10-15(23)20-11-16(17,18)19/h12-14H,3-11H2,1-2H3,(H,20,23). The summed E-state index contributed by atoms with van der Waals surface area (Å²) in [6.07, 6.45) is -1.88. The number of nitrogens with zero attached hydrogens (tertiary/aromatic N) is 2. The molecule has 1 amide bonds. The maximum absolute atomic E-state index is 12.1. The van der Waals surface area contributed by atoms with Crippen LogP contribution < -0.4 is 5.32 Å². The second-order valence-electron chi connectivity index (χ2n) is 7.09. The number of halogens is 3. The predicted octanol–water partition coefficient (Wildman–Crippen LogP) is 1.49. The van der Waals surface area contributed by atoms with Gasteiger partial charge in [0.25, 0.3) is 0 Å². The maximum atomic E-state index is 12.1. The van der Waals surface area contributed by atoms with Crippen LogP contribution in [0.15, 0.2) is 0 Å². The van der Waals surface area contributed by atoms with Gasteiger partial charge in [-0.25, -0.2) is 0 Å². The molecule has 2 fully saturated rings. The molecule has 2 aliphatic rings. The topological polar surface area (TPSA) is 44.8 Å². The van der Waals surface area contributed by atoms with Crippen molar-refractivity contribution in [3.8, 4) is 0 Å². The summed E-state index contributed by atoms with van der Waals surface area (Å²) in [5, 5.41) is 1.93. The van der Waals surface area contributed by atoms with E-state index in [0.29, 0.717) is 5.92 Å². The Hall–Kier alpha value is -0.860. The van der Waals surface area contributed by atoms with E-state index in [4.69, 9.17) is 4.74 Å². The molecule has 2 rings (SSSR count). The molecule has 0 radical (unpaired) electrons. The zero-order valence-corrected chi connectivity index (χ0v) is 14.4. The van der Waals surface area contributed by atoms with E-state index in [2.05, 4.69) is 18.7 Å². The normalized spacial score (nSPS) is 28.0. The number of likely N-dealkylation sites (tertiary alicyclic amines) is 1. The number of carbonyl (C=O) groups is 1. The summed E-state index contributed by atoms with van der Waals surface area (Å²) in [5.74, 6) is 0.0265. The molecule has 2 atom stereocenters. The van der Waals surface area contributed by atoms with Crippen LogP contribution >= 0.6 is 0 Å². The van der Waals surface area contributed by atoms with Crippen LogP contribution in [0.3, 0.4) is 0 Å². The molecule has 2 heterocycles. The minimum atomic E-state index is -4.35. The van der Waals surface area contributed by atoms with Crippen LogP contribution in [-0.4, -0.2) is 79.9 Å². The molecule has 2 saturated heterocycles. The van der Waals surface area contributed by atoms with E-state index in [1.165, 1.54) is 0 Å². The summed E-state index contributed by atoms with van der Waals surface area (Å²) >= 11 is 0. The van der Waals surface area contributed by atoms with Crippen molar-refractivity contribution in [3.05, 3.63) is 0 Å². The Labute approximate surface area is 141 Å². The Bertz CT molecular complexity index is 402. The van der Waals surface area contributed by atoms with Gasteiger partial charge in [0.15, 0.2) is 0 Å². The third kappa shape index (κ3) is 6.94. The van der Waals surface area contributed by atoms with Gasteiger partial charge in [-0.15, -0.1) is 0 Å². The fraction of sp³-hybridized carbons (Fsp3) is 0.938. The molecule has 0 aromatic rings. The molecule has 0 aromatic heterocycles. The lowest BCUT2D eigenvalue weighted by molar-refractivity contribution is -0.139. The molecule has 0 saturated carbocycles. The monoisotopic (exact) mass is 351 g/mol. The average Bonchev–Trinajstić information content (AvgIpc) is 2.45. The quantitative estimate of drug-likeness (QED) is 0.815. The first-order valence-electron chi connectivity index (χ1n) is 8.65. The highest BCUT2D eigenvalue weighted by Gasteiger charge is 2.29. The number of ether oxygens (including phenoxy) is 1. The number of nitrogens with one attached hydrogen (secondary N) is 1. The van der Waals surface area contributed by atoms with E-state index in [1.807, 2.05) is 10.2 Å². The second kappa shape index (κ2) is 8.49. The van der Waals surface area contributed by atoms with Crippen molar-refractivity contribution >= 4 is 5.91 Å². The molecule has 24 heavy (non-hydrogen) atoms. The molecule has 5 nitrogen and oxygen atoms in total. The zero-order chi connectivity index (χ0) is 17.7. The van der Waals surface area contributed by atoms with Gasteiger partial charge in [0.2, 0.25) is 5.91 Å². The van der Waals surface area contributed by atoms with Gasteiger partial charge >= 0.3 is 6.18 Å². The number of rotatable bonds is 5. The highest BCUT2D eigenvalue weighted by Crippen LogP contribution is 2.20. The maximum Gasteiger partial charge on any atom is 0.405 e. The van der Waals surface area contributed by atoms with Crippen molar-refractivity contribution in [1.29, 1.82) is 0 Å². The molecule has 2 aliphatic heterocycles. The minimum Gasteiger partial charge on any atom is -0.373 e. The van der Waals surface area contributed by atoms with Crippen LogP contribution in [0.4, 0.5) is 13.2 Å². The van der Waals surface area contributed by atoms with Gasteiger partial charge in [-0.3, -0.25) is 14.6 Å². The number of piperidine rings is 1. The first-order valence-corrected chi connectivity index (χ1v) is 8.65. The van der Waals surface area contributed by atoms with Gasteiger partial charge in [0, 0.05) is 19.6 Å². The molecule has 0 aromatic carbocycles. The smallest absolute Gasteiger partial charge is 0.373 e. The molecule has 140 valence electrons. The summed E-state index contributed by atoms with van der Waals surface area (Å²) in [4.78, 5) is 15.9. The molecule has 0 aliphatic carbocycles. The number of amides is 1.